The minimum Gasteiger partial charge on any atom is -0.378 e. The van der Waals surface area contributed by atoms with Crippen LogP contribution in [0.2, 0.25) is 5.15 Å². The highest BCUT2D eigenvalue weighted by atomic mass is 35.5. The lowest BCUT2D eigenvalue weighted by molar-refractivity contribution is 0.0988. The van der Waals surface area contributed by atoms with Gasteiger partial charge >= 0.3 is 0 Å². The van der Waals surface area contributed by atoms with E-state index in [9.17, 15) is 9.18 Å². The second-order valence-corrected chi connectivity index (χ2v) is 5.05. The number of ether oxygens (including phenoxy) is 1. The van der Waals surface area contributed by atoms with Crippen molar-refractivity contribution in [1.29, 1.82) is 0 Å². The number of aromatic nitrogens is 3. The van der Waals surface area contributed by atoms with E-state index in [-0.39, 0.29) is 22.2 Å². The summed E-state index contributed by atoms with van der Waals surface area (Å²) in [7, 11) is 1.58. The van der Waals surface area contributed by atoms with Crippen molar-refractivity contribution in [3.8, 4) is 0 Å². The number of primary amides is 1. The first-order valence-electron chi connectivity index (χ1n) is 6.34. The molecule has 1 saturated heterocycles. The molecule has 1 amide bonds. The first-order valence-corrected chi connectivity index (χ1v) is 6.72. The van der Waals surface area contributed by atoms with Crippen LogP contribution in [0.4, 0.5) is 10.1 Å². The molecule has 0 bridgehead atoms. The Bertz CT molecular complexity index is 726. The fraction of sp³-hybridized carbons (Fsp3) is 0.417. The molecular weight excluding hydrogens is 301 g/mol. The topological polar surface area (TPSA) is 86.3 Å². The number of nitrogens with zero attached hydrogens (tertiary/aromatic N) is 4. The summed E-state index contributed by atoms with van der Waals surface area (Å²) < 4.78 is 21.1. The zero-order valence-corrected chi connectivity index (χ0v) is 12.0. The maximum atomic E-state index is 14.4. The molecule has 0 aliphatic carbocycles. The number of anilines is 1. The Morgan fingerprint density at radius 2 is 2.05 bits per heavy atom. The van der Waals surface area contributed by atoms with Gasteiger partial charge in [0.1, 0.15) is 11.2 Å². The zero-order chi connectivity index (χ0) is 15.1. The van der Waals surface area contributed by atoms with Crippen LogP contribution in [0.25, 0.3) is 11.2 Å². The van der Waals surface area contributed by atoms with Gasteiger partial charge in [0.2, 0.25) is 5.82 Å². The molecule has 0 spiro atoms. The first kappa shape index (κ1) is 14.0. The fourth-order valence-corrected chi connectivity index (χ4v) is 2.59. The van der Waals surface area contributed by atoms with E-state index in [1.54, 1.807) is 11.9 Å². The van der Waals surface area contributed by atoms with Crippen molar-refractivity contribution in [3.63, 3.8) is 0 Å². The van der Waals surface area contributed by atoms with Crippen LogP contribution in [0, 0.1) is 5.82 Å². The quantitative estimate of drug-likeness (QED) is 0.825. The van der Waals surface area contributed by atoms with Crippen molar-refractivity contribution in [2.75, 3.05) is 31.2 Å². The first-order chi connectivity index (χ1) is 10.0. The number of nitrogens with two attached hydrogens (primary N) is 1. The van der Waals surface area contributed by atoms with Gasteiger partial charge in [0.05, 0.1) is 13.2 Å². The van der Waals surface area contributed by atoms with Crippen LogP contribution in [0.3, 0.4) is 0 Å². The lowest BCUT2D eigenvalue weighted by atomic mass is 10.3. The summed E-state index contributed by atoms with van der Waals surface area (Å²) in [6, 6.07) is 0. The molecule has 0 unspecified atom stereocenters. The molecule has 9 heteroatoms. The van der Waals surface area contributed by atoms with Crippen LogP contribution in [0.1, 0.15) is 10.6 Å². The van der Waals surface area contributed by atoms with Crippen LogP contribution in [-0.2, 0) is 11.8 Å². The average molecular weight is 314 g/mol. The van der Waals surface area contributed by atoms with Gasteiger partial charge in [0, 0.05) is 20.1 Å². The minimum absolute atomic E-state index is 0.00803. The van der Waals surface area contributed by atoms with Crippen LogP contribution in [-0.4, -0.2) is 46.7 Å². The molecule has 0 aromatic carbocycles. The van der Waals surface area contributed by atoms with E-state index in [1.165, 1.54) is 4.57 Å². The van der Waals surface area contributed by atoms with Crippen molar-refractivity contribution >= 4 is 34.4 Å². The van der Waals surface area contributed by atoms with E-state index in [2.05, 4.69) is 9.97 Å². The largest absolute Gasteiger partial charge is 0.378 e. The molecule has 112 valence electrons. The standard InChI is InChI=1S/C12H13ClFN5O2/c1-18-11-7(16-12(18)10(15)20)8(6(14)9(13)17-11)19-2-4-21-5-3-19/h2-5H2,1H3,(H2,15,20). The van der Waals surface area contributed by atoms with Gasteiger partial charge in [-0.15, -0.1) is 0 Å². The molecule has 1 fully saturated rings. The number of hydrogen-bond donors (Lipinski definition) is 1. The Hall–Kier alpha value is -1.93. The molecule has 0 saturated carbocycles. The van der Waals surface area contributed by atoms with E-state index in [0.29, 0.717) is 32.0 Å². The van der Waals surface area contributed by atoms with Gasteiger partial charge in [0.15, 0.2) is 16.6 Å². The van der Waals surface area contributed by atoms with Crippen molar-refractivity contribution in [3.05, 3.63) is 16.8 Å². The number of carbonyl (C=O) groups excluding carboxylic acids is 1. The predicted octanol–water partition coefficient (Wildman–Crippen LogP) is 0.696. The van der Waals surface area contributed by atoms with Crippen LogP contribution in [0.15, 0.2) is 0 Å². The molecule has 3 heterocycles. The highest BCUT2D eigenvalue weighted by Crippen LogP contribution is 2.32. The Morgan fingerprint density at radius 3 is 2.67 bits per heavy atom. The molecular formula is C12H13ClFN5O2. The molecule has 7 nitrogen and oxygen atoms in total. The molecule has 1 aliphatic heterocycles. The third-order valence-corrected chi connectivity index (χ3v) is 3.68. The summed E-state index contributed by atoms with van der Waals surface area (Å²) in [4.78, 5) is 21.3. The normalized spacial score (nSPS) is 15.7. The Labute approximate surface area is 124 Å². The summed E-state index contributed by atoms with van der Waals surface area (Å²) in [5, 5.41) is -0.261. The summed E-state index contributed by atoms with van der Waals surface area (Å²) in [5.74, 6) is -1.35. The van der Waals surface area contributed by atoms with Gasteiger partial charge in [0.25, 0.3) is 5.91 Å². The number of imidazole rings is 1. The fourth-order valence-electron chi connectivity index (χ4n) is 2.42. The summed E-state index contributed by atoms with van der Waals surface area (Å²) in [5.41, 5.74) is 6.10. The summed E-state index contributed by atoms with van der Waals surface area (Å²) >= 11 is 5.87. The third-order valence-electron chi connectivity index (χ3n) is 3.43. The number of amides is 1. The lowest BCUT2D eigenvalue weighted by Gasteiger charge is -2.29. The molecule has 1 aliphatic rings. The van der Waals surface area contributed by atoms with E-state index in [4.69, 9.17) is 22.1 Å². The molecule has 2 aromatic rings. The van der Waals surface area contributed by atoms with E-state index < -0.39 is 11.7 Å². The SMILES string of the molecule is Cn1c(C(N)=O)nc2c(N3CCOCC3)c(F)c(Cl)nc21. The minimum atomic E-state index is -0.708. The van der Waals surface area contributed by atoms with Crippen molar-refractivity contribution in [2.24, 2.45) is 12.8 Å². The summed E-state index contributed by atoms with van der Waals surface area (Å²) in [6.07, 6.45) is 0. The molecule has 0 radical (unpaired) electrons. The number of morpholine rings is 1. The second kappa shape index (κ2) is 5.12. The number of halogens is 2. The van der Waals surface area contributed by atoms with E-state index >= 15 is 0 Å². The Morgan fingerprint density at radius 1 is 1.38 bits per heavy atom. The molecule has 2 aromatic heterocycles. The number of aryl methyl sites for hydroxylation is 1. The van der Waals surface area contributed by atoms with Crippen molar-refractivity contribution in [1.82, 2.24) is 14.5 Å². The number of hydrogen-bond acceptors (Lipinski definition) is 5. The maximum Gasteiger partial charge on any atom is 0.284 e. The highest BCUT2D eigenvalue weighted by Gasteiger charge is 2.26. The third kappa shape index (κ3) is 2.20. The van der Waals surface area contributed by atoms with Gasteiger partial charge in [-0.1, -0.05) is 11.6 Å². The van der Waals surface area contributed by atoms with Gasteiger partial charge in [-0.3, -0.25) is 4.79 Å². The van der Waals surface area contributed by atoms with Crippen molar-refractivity contribution < 1.29 is 13.9 Å². The molecule has 2 N–H and O–H groups in total. The molecule has 21 heavy (non-hydrogen) atoms. The van der Waals surface area contributed by atoms with Gasteiger partial charge in [-0.25, -0.2) is 14.4 Å². The molecule has 0 atom stereocenters. The zero-order valence-electron chi connectivity index (χ0n) is 11.3. The number of fused-ring (bicyclic) bond motifs is 1. The van der Waals surface area contributed by atoms with Gasteiger partial charge in [-0.05, 0) is 0 Å². The molecule has 3 rings (SSSR count). The monoisotopic (exact) mass is 313 g/mol. The Balaban J connectivity index is 2.27. The highest BCUT2D eigenvalue weighted by molar-refractivity contribution is 6.30. The number of pyridine rings is 1. The predicted molar refractivity (Wildman–Crippen MR) is 75.0 cm³/mol. The van der Waals surface area contributed by atoms with Gasteiger partial charge < -0.3 is 19.9 Å². The van der Waals surface area contributed by atoms with E-state index in [1.807, 2.05) is 0 Å². The average Bonchev–Trinajstić information content (AvgIpc) is 2.78. The van der Waals surface area contributed by atoms with E-state index in [0.717, 1.165) is 0 Å². The lowest BCUT2D eigenvalue weighted by Crippen LogP contribution is -2.37. The smallest absolute Gasteiger partial charge is 0.284 e. The second-order valence-electron chi connectivity index (χ2n) is 4.70. The maximum absolute atomic E-state index is 14.4. The van der Waals surface area contributed by atoms with Gasteiger partial charge in [-0.2, -0.15) is 0 Å². The Kier molecular flexibility index (Phi) is 3.42. The van der Waals surface area contributed by atoms with Crippen LogP contribution < -0.4 is 10.6 Å². The van der Waals surface area contributed by atoms with Crippen LogP contribution >= 0.6 is 11.6 Å². The number of rotatable bonds is 2. The number of carbonyl (C=O) groups is 1. The van der Waals surface area contributed by atoms with Crippen molar-refractivity contribution in [2.45, 2.75) is 0 Å². The summed E-state index contributed by atoms with van der Waals surface area (Å²) in [6.45, 7) is 1.98. The van der Waals surface area contributed by atoms with Crippen LogP contribution in [0.5, 0.6) is 0 Å².